The molecule has 0 spiro atoms. The van der Waals surface area contributed by atoms with Gasteiger partial charge < -0.3 is 14.6 Å². The molecule has 1 atom stereocenters. The van der Waals surface area contributed by atoms with Gasteiger partial charge in [-0.2, -0.15) is 0 Å². The third-order valence-corrected chi connectivity index (χ3v) is 4.63. The van der Waals surface area contributed by atoms with E-state index in [0.717, 1.165) is 0 Å². The van der Waals surface area contributed by atoms with Crippen molar-refractivity contribution in [3.05, 3.63) is 89.1 Å². The lowest BCUT2D eigenvalue weighted by molar-refractivity contribution is -0.125. The highest BCUT2D eigenvalue weighted by molar-refractivity contribution is 5.99. The zero-order chi connectivity index (χ0) is 22.0. The van der Waals surface area contributed by atoms with Gasteiger partial charge in [-0.3, -0.25) is 9.78 Å². The van der Waals surface area contributed by atoms with E-state index < -0.39 is 23.8 Å². The molecule has 8 heteroatoms. The number of nitrogens with one attached hydrogen (secondary N) is 1. The van der Waals surface area contributed by atoms with Gasteiger partial charge in [0.1, 0.15) is 11.6 Å². The van der Waals surface area contributed by atoms with Crippen molar-refractivity contribution in [3.63, 3.8) is 0 Å². The molecule has 0 bridgehead atoms. The second-order valence-corrected chi connectivity index (χ2v) is 6.97. The third kappa shape index (κ3) is 4.42. The number of rotatable bonds is 5. The van der Waals surface area contributed by atoms with Gasteiger partial charge in [0.2, 0.25) is 6.10 Å². The van der Waals surface area contributed by atoms with Crippen LogP contribution in [0.25, 0.3) is 10.9 Å². The van der Waals surface area contributed by atoms with Crippen molar-refractivity contribution in [2.24, 2.45) is 0 Å². The number of aromatic nitrogens is 2. The van der Waals surface area contributed by atoms with Crippen LogP contribution in [-0.2, 0) is 9.53 Å². The summed E-state index contributed by atoms with van der Waals surface area (Å²) in [4.78, 5) is 30.2. The molecule has 0 saturated carbocycles. The minimum atomic E-state index is -1.23. The van der Waals surface area contributed by atoms with Gasteiger partial charge in [-0.15, -0.1) is 0 Å². The van der Waals surface area contributed by atoms with E-state index in [2.05, 4.69) is 15.5 Å². The summed E-state index contributed by atoms with van der Waals surface area (Å²) >= 11 is 0. The summed E-state index contributed by atoms with van der Waals surface area (Å²) < 4.78 is 24.0. The molecule has 31 heavy (non-hydrogen) atoms. The van der Waals surface area contributed by atoms with Crippen LogP contribution in [0, 0.1) is 19.7 Å². The Kier molecular flexibility index (Phi) is 5.44. The topological polar surface area (TPSA) is 94.3 Å². The van der Waals surface area contributed by atoms with Crippen LogP contribution in [0.3, 0.4) is 0 Å². The molecule has 2 aromatic heterocycles. The molecule has 0 radical (unpaired) electrons. The van der Waals surface area contributed by atoms with Gasteiger partial charge in [0.25, 0.3) is 5.91 Å². The Labute approximate surface area is 176 Å². The Bertz CT molecular complexity index is 1270. The van der Waals surface area contributed by atoms with Crippen molar-refractivity contribution in [2.75, 3.05) is 5.32 Å². The summed E-state index contributed by atoms with van der Waals surface area (Å²) in [5.74, 6) is -0.987. The number of esters is 1. The number of pyridine rings is 1. The molecular formula is C23H18FN3O4. The summed E-state index contributed by atoms with van der Waals surface area (Å²) in [5.41, 5.74) is 1.46. The number of hydrogen-bond acceptors (Lipinski definition) is 6. The number of ether oxygens (including phenoxy) is 1. The maximum atomic E-state index is 13.5. The second-order valence-electron chi connectivity index (χ2n) is 6.97. The van der Waals surface area contributed by atoms with Gasteiger partial charge in [0.05, 0.1) is 16.8 Å². The van der Waals surface area contributed by atoms with Gasteiger partial charge >= 0.3 is 5.97 Å². The predicted octanol–water partition coefficient (Wildman–Crippen LogP) is 4.52. The fraction of sp³-hybridized carbons (Fsp3) is 0.130. The molecule has 1 unspecified atom stereocenters. The van der Waals surface area contributed by atoms with Crippen LogP contribution < -0.4 is 5.32 Å². The number of anilines is 1. The van der Waals surface area contributed by atoms with Crippen molar-refractivity contribution >= 4 is 28.6 Å². The van der Waals surface area contributed by atoms with Crippen LogP contribution in [0.5, 0.6) is 0 Å². The first-order chi connectivity index (χ1) is 14.9. The van der Waals surface area contributed by atoms with Crippen LogP contribution in [-0.4, -0.2) is 22.0 Å². The minimum absolute atomic E-state index is 0.185. The Balaban J connectivity index is 1.64. The van der Waals surface area contributed by atoms with E-state index in [9.17, 15) is 14.0 Å². The Morgan fingerprint density at radius 1 is 1.06 bits per heavy atom. The number of aryl methyl sites for hydroxylation is 2. The lowest BCUT2D eigenvalue weighted by atomic mass is 10.1. The molecule has 0 aliphatic heterocycles. The zero-order valence-corrected chi connectivity index (χ0v) is 16.8. The maximum absolute atomic E-state index is 13.5. The molecule has 0 aliphatic carbocycles. The van der Waals surface area contributed by atoms with Gasteiger partial charge in [-0.25, -0.2) is 9.18 Å². The normalized spacial score (nSPS) is 11.8. The molecule has 0 saturated heterocycles. The summed E-state index contributed by atoms with van der Waals surface area (Å²) in [6, 6.07) is 15.9. The van der Waals surface area contributed by atoms with Crippen LogP contribution in [0.4, 0.5) is 10.2 Å². The van der Waals surface area contributed by atoms with Crippen molar-refractivity contribution in [1.29, 1.82) is 0 Å². The molecule has 2 aromatic carbocycles. The van der Waals surface area contributed by atoms with E-state index in [1.165, 1.54) is 18.2 Å². The zero-order valence-electron chi connectivity index (χ0n) is 16.8. The summed E-state index contributed by atoms with van der Waals surface area (Å²) in [6.07, 6.45) is -1.23. The quantitative estimate of drug-likeness (QED) is 0.478. The molecule has 2 heterocycles. The smallest absolute Gasteiger partial charge is 0.341 e. The van der Waals surface area contributed by atoms with E-state index in [-0.39, 0.29) is 11.4 Å². The van der Waals surface area contributed by atoms with E-state index in [0.29, 0.717) is 27.9 Å². The highest BCUT2D eigenvalue weighted by atomic mass is 19.1. The number of fused-ring (bicyclic) bond motifs is 1. The van der Waals surface area contributed by atoms with Crippen molar-refractivity contribution < 1.29 is 23.2 Å². The molecule has 1 N–H and O–H groups in total. The SMILES string of the molecule is Cc1cc(NC(=O)C(OC(=O)c2cc3ccc(F)cc3nc2C)c2ccccc2)no1. The third-order valence-electron chi connectivity index (χ3n) is 4.63. The molecule has 156 valence electrons. The first kappa shape index (κ1) is 20.2. The summed E-state index contributed by atoms with van der Waals surface area (Å²) in [5, 5.41) is 6.91. The average Bonchev–Trinajstić information content (AvgIpc) is 3.16. The highest BCUT2D eigenvalue weighted by Gasteiger charge is 2.27. The average molecular weight is 419 g/mol. The Hall–Kier alpha value is -4.07. The highest BCUT2D eigenvalue weighted by Crippen LogP contribution is 2.24. The van der Waals surface area contributed by atoms with Crippen molar-refractivity contribution in [1.82, 2.24) is 10.1 Å². The lowest BCUT2D eigenvalue weighted by Gasteiger charge is -2.18. The fourth-order valence-electron chi connectivity index (χ4n) is 3.13. The van der Waals surface area contributed by atoms with E-state index in [4.69, 9.17) is 9.26 Å². The van der Waals surface area contributed by atoms with E-state index >= 15 is 0 Å². The number of amides is 1. The van der Waals surface area contributed by atoms with Crippen LogP contribution >= 0.6 is 0 Å². The lowest BCUT2D eigenvalue weighted by Crippen LogP contribution is -2.26. The molecule has 0 aliphatic rings. The van der Waals surface area contributed by atoms with Crippen LogP contribution in [0.15, 0.2) is 65.2 Å². The summed E-state index contributed by atoms with van der Waals surface area (Å²) in [6.45, 7) is 3.31. The molecule has 7 nitrogen and oxygen atoms in total. The summed E-state index contributed by atoms with van der Waals surface area (Å²) in [7, 11) is 0. The van der Waals surface area contributed by atoms with Gasteiger partial charge in [-0.05, 0) is 32.0 Å². The Morgan fingerprint density at radius 2 is 1.84 bits per heavy atom. The first-order valence-corrected chi connectivity index (χ1v) is 9.48. The van der Waals surface area contributed by atoms with Crippen LogP contribution in [0.2, 0.25) is 0 Å². The minimum Gasteiger partial charge on any atom is -0.444 e. The number of nitrogens with zero attached hydrogens (tertiary/aromatic N) is 2. The first-order valence-electron chi connectivity index (χ1n) is 9.48. The predicted molar refractivity (Wildman–Crippen MR) is 111 cm³/mol. The number of carbonyl (C=O) groups is 2. The van der Waals surface area contributed by atoms with Gasteiger partial charge in [0.15, 0.2) is 5.82 Å². The molecule has 4 aromatic rings. The standard InChI is InChI=1S/C23H18FN3O4/c1-13-10-20(27-31-13)26-22(28)21(15-6-4-3-5-7-15)30-23(29)18-11-16-8-9-17(24)12-19(16)25-14(18)2/h3-12,21H,1-2H3,(H,26,27,28). The number of halogens is 1. The molecule has 4 rings (SSSR count). The number of hydrogen-bond donors (Lipinski definition) is 1. The monoisotopic (exact) mass is 419 g/mol. The van der Waals surface area contributed by atoms with Crippen molar-refractivity contribution in [2.45, 2.75) is 20.0 Å². The van der Waals surface area contributed by atoms with E-state index in [1.807, 2.05) is 0 Å². The maximum Gasteiger partial charge on any atom is 0.341 e. The second kappa shape index (κ2) is 8.35. The molecule has 0 fully saturated rings. The molecular weight excluding hydrogens is 401 g/mol. The van der Waals surface area contributed by atoms with E-state index in [1.54, 1.807) is 56.3 Å². The van der Waals surface area contributed by atoms with Gasteiger partial charge in [0, 0.05) is 23.1 Å². The molecule has 1 amide bonds. The Morgan fingerprint density at radius 3 is 2.55 bits per heavy atom. The van der Waals surface area contributed by atoms with Gasteiger partial charge in [-0.1, -0.05) is 35.5 Å². The fourth-order valence-corrected chi connectivity index (χ4v) is 3.13. The number of benzene rings is 2. The van der Waals surface area contributed by atoms with Crippen LogP contribution in [0.1, 0.15) is 33.5 Å². The van der Waals surface area contributed by atoms with Crippen molar-refractivity contribution in [3.8, 4) is 0 Å². The largest absolute Gasteiger partial charge is 0.444 e. The number of carbonyl (C=O) groups excluding carboxylic acids is 2.